The minimum atomic E-state index is -0.697. The fourth-order valence-corrected chi connectivity index (χ4v) is 3.91. The fraction of sp³-hybridized carbons (Fsp3) is 0.192. The standard InChI is InChI=1S/C26H25N3O5/c1-5-28-25(31)23(24(30)27-26(28)32)15-18-14-16(2)29(17(18)3)19-6-8-21(9-7-19)34-22-12-10-20(33-4)11-13-22/h6-15H,5H2,1-4H3,(H,27,30,32)/b23-15+. The Morgan fingerprint density at radius 2 is 1.50 bits per heavy atom. The Kier molecular flexibility index (Phi) is 6.23. The summed E-state index contributed by atoms with van der Waals surface area (Å²) in [5.41, 5.74) is 3.35. The van der Waals surface area contributed by atoms with Gasteiger partial charge in [0.1, 0.15) is 22.8 Å². The number of amides is 4. The van der Waals surface area contributed by atoms with Gasteiger partial charge in [-0.15, -0.1) is 0 Å². The number of likely N-dealkylation sites (N-methyl/N-ethyl adjacent to an activating group) is 1. The SMILES string of the molecule is CCN1C(=O)NC(=O)/C(=C\c2cc(C)n(-c3ccc(Oc4ccc(OC)cc4)cc3)c2C)C1=O. The quantitative estimate of drug-likeness (QED) is 0.437. The lowest BCUT2D eigenvalue weighted by atomic mass is 10.1. The molecule has 0 aliphatic carbocycles. The van der Waals surface area contributed by atoms with Crippen molar-refractivity contribution in [3.8, 4) is 22.9 Å². The first-order valence-electron chi connectivity index (χ1n) is 10.8. The highest BCUT2D eigenvalue weighted by Crippen LogP contribution is 2.28. The summed E-state index contributed by atoms with van der Waals surface area (Å²) in [5.74, 6) is 0.859. The Morgan fingerprint density at radius 3 is 2.09 bits per heavy atom. The van der Waals surface area contributed by atoms with Crippen molar-refractivity contribution < 1.29 is 23.9 Å². The van der Waals surface area contributed by atoms with Crippen molar-refractivity contribution in [1.82, 2.24) is 14.8 Å². The van der Waals surface area contributed by atoms with E-state index < -0.39 is 17.8 Å². The van der Waals surface area contributed by atoms with Gasteiger partial charge in [0.25, 0.3) is 11.8 Å². The molecule has 0 atom stereocenters. The maximum absolute atomic E-state index is 12.6. The number of nitrogens with one attached hydrogen (secondary N) is 1. The van der Waals surface area contributed by atoms with Gasteiger partial charge in [-0.2, -0.15) is 0 Å². The van der Waals surface area contributed by atoms with E-state index in [-0.39, 0.29) is 12.1 Å². The van der Waals surface area contributed by atoms with Crippen LogP contribution in [0, 0.1) is 13.8 Å². The average molecular weight is 460 g/mol. The molecule has 0 saturated carbocycles. The second-order valence-electron chi connectivity index (χ2n) is 7.80. The number of hydrogen-bond acceptors (Lipinski definition) is 5. The Hall–Kier alpha value is -4.33. The van der Waals surface area contributed by atoms with Gasteiger partial charge in [-0.05, 0) is 87.0 Å². The van der Waals surface area contributed by atoms with Crippen molar-refractivity contribution in [1.29, 1.82) is 0 Å². The summed E-state index contributed by atoms with van der Waals surface area (Å²) >= 11 is 0. The Bertz CT molecular complexity index is 1290. The molecule has 0 spiro atoms. The molecular formula is C26H25N3O5. The zero-order chi connectivity index (χ0) is 24.4. The summed E-state index contributed by atoms with van der Waals surface area (Å²) in [6.45, 7) is 5.72. The van der Waals surface area contributed by atoms with E-state index in [9.17, 15) is 14.4 Å². The minimum absolute atomic E-state index is 0.0649. The number of barbiturate groups is 1. The van der Waals surface area contributed by atoms with Crippen molar-refractivity contribution in [3.05, 3.63) is 77.1 Å². The molecule has 3 aromatic rings. The molecule has 0 unspecified atom stereocenters. The molecule has 1 aliphatic heterocycles. The third kappa shape index (κ3) is 4.30. The van der Waals surface area contributed by atoms with Crippen LogP contribution in [-0.4, -0.2) is 41.0 Å². The topological polar surface area (TPSA) is 89.9 Å². The zero-order valence-electron chi connectivity index (χ0n) is 19.4. The Labute approximate surface area is 197 Å². The lowest BCUT2D eigenvalue weighted by Gasteiger charge is -2.24. The van der Waals surface area contributed by atoms with Crippen LogP contribution in [0.2, 0.25) is 0 Å². The number of aryl methyl sites for hydroxylation is 1. The van der Waals surface area contributed by atoms with Crippen molar-refractivity contribution in [2.45, 2.75) is 20.8 Å². The molecule has 2 aromatic carbocycles. The summed E-state index contributed by atoms with van der Waals surface area (Å²) in [7, 11) is 1.62. The second kappa shape index (κ2) is 9.27. The van der Waals surface area contributed by atoms with Crippen LogP contribution >= 0.6 is 0 Å². The molecule has 0 bridgehead atoms. The van der Waals surface area contributed by atoms with Crippen molar-refractivity contribution in [3.63, 3.8) is 0 Å². The minimum Gasteiger partial charge on any atom is -0.497 e. The molecule has 4 amide bonds. The number of hydrogen-bond donors (Lipinski definition) is 1. The first-order chi connectivity index (χ1) is 16.3. The van der Waals surface area contributed by atoms with Crippen LogP contribution < -0.4 is 14.8 Å². The van der Waals surface area contributed by atoms with E-state index in [1.165, 1.54) is 6.08 Å². The van der Waals surface area contributed by atoms with Gasteiger partial charge in [0, 0.05) is 23.6 Å². The van der Waals surface area contributed by atoms with E-state index >= 15 is 0 Å². The predicted octanol–water partition coefficient (Wildman–Crippen LogP) is 4.38. The van der Waals surface area contributed by atoms with Gasteiger partial charge in [0.15, 0.2) is 0 Å². The number of urea groups is 1. The second-order valence-corrected chi connectivity index (χ2v) is 7.80. The van der Waals surface area contributed by atoms with Crippen LogP contribution in [0.5, 0.6) is 17.2 Å². The molecule has 0 radical (unpaired) electrons. The van der Waals surface area contributed by atoms with Gasteiger partial charge in [0.05, 0.1) is 7.11 Å². The van der Waals surface area contributed by atoms with Crippen LogP contribution in [-0.2, 0) is 9.59 Å². The monoisotopic (exact) mass is 459 g/mol. The van der Waals surface area contributed by atoms with Gasteiger partial charge in [-0.3, -0.25) is 19.8 Å². The third-order valence-corrected chi connectivity index (χ3v) is 5.66. The highest BCUT2D eigenvalue weighted by Gasteiger charge is 2.34. The number of aromatic nitrogens is 1. The van der Waals surface area contributed by atoms with E-state index in [0.29, 0.717) is 11.5 Å². The van der Waals surface area contributed by atoms with E-state index in [1.54, 1.807) is 14.0 Å². The number of benzene rings is 2. The van der Waals surface area contributed by atoms with E-state index in [2.05, 4.69) is 5.32 Å². The lowest BCUT2D eigenvalue weighted by Crippen LogP contribution is -2.53. The number of rotatable bonds is 6. The Morgan fingerprint density at radius 1 is 0.912 bits per heavy atom. The zero-order valence-corrected chi connectivity index (χ0v) is 19.4. The molecule has 174 valence electrons. The number of nitrogens with zero attached hydrogens (tertiary/aromatic N) is 2. The lowest BCUT2D eigenvalue weighted by molar-refractivity contribution is -0.129. The molecular weight excluding hydrogens is 434 g/mol. The van der Waals surface area contributed by atoms with Crippen molar-refractivity contribution in [2.24, 2.45) is 0 Å². The maximum Gasteiger partial charge on any atom is 0.331 e. The normalized spacial score (nSPS) is 15.0. The molecule has 34 heavy (non-hydrogen) atoms. The van der Waals surface area contributed by atoms with E-state index in [0.717, 1.165) is 33.3 Å². The van der Waals surface area contributed by atoms with Gasteiger partial charge in [0.2, 0.25) is 0 Å². The average Bonchev–Trinajstić information content (AvgIpc) is 3.10. The largest absolute Gasteiger partial charge is 0.497 e. The first-order valence-corrected chi connectivity index (χ1v) is 10.8. The van der Waals surface area contributed by atoms with Crippen molar-refractivity contribution >= 4 is 23.9 Å². The molecule has 4 rings (SSSR count). The molecule has 1 fully saturated rings. The summed E-state index contributed by atoms with van der Waals surface area (Å²) in [6, 6.07) is 16.2. The van der Waals surface area contributed by atoms with Crippen LogP contribution in [0.15, 0.2) is 60.2 Å². The summed E-state index contributed by atoms with van der Waals surface area (Å²) in [4.78, 5) is 37.8. The molecule has 1 aliphatic rings. The van der Waals surface area contributed by atoms with Crippen LogP contribution in [0.4, 0.5) is 4.79 Å². The molecule has 2 heterocycles. The molecule has 1 aromatic heterocycles. The summed E-state index contributed by atoms with van der Waals surface area (Å²) in [6.07, 6.45) is 1.53. The maximum atomic E-state index is 12.6. The van der Waals surface area contributed by atoms with Gasteiger partial charge in [-0.1, -0.05) is 0 Å². The molecule has 8 nitrogen and oxygen atoms in total. The fourth-order valence-electron chi connectivity index (χ4n) is 3.91. The highest BCUT2D eigenvalue weighted by molar-refractivity contribution is 6.31. The predicted molar refractivity (Wildman–Crippen MR) is 127 cm³/mol. The molecule has 8 heteroatoms. The van der Waals surface area contributed by atoms with Gasteiger partial charge in [-0.25, -0.2) is 4.79 Å². The number of ether oxygens (including phenoxy) is 2. The number of carbonyl (C=O) groups excluding carboxylic acids is 3. The highest BCUT2D eigenvalue weighted by atomic mass is 16.5. The smallest absolute Gasteiger partial charge is 0.331 e. The van der Waals surface area contributed by atoms with Gasteiger partial charge >= 0.3 is 6.03 Å². The number of imide groups is 2. The van der Waals surface area contributed by atoms with Crippen LogP contribution in [0.25, 0.3) is 11.8 Å². The first kappa shape index (κ1) is 22.8. The number of carbonyl (C=O) groups is 3. The van der Waals surface area contributed by atoms with Crippen LogP contribution in [0.1, 0.15) is 23.9 Å². The molecule has 1 saturated heterocycles. The summed E-state index contributed by atoms with van der Waals surface area (Å²) < 4.78 is 13.1. The summed E-state index contributed by atoms with van der Waals surface area (Å²) in [5, 5.41) is 2.22. The third-order valence-electron chi connectivity index (χ3n) is 5.66. The van der Waals surface area contributed by atoms with E-state index in [1.807, 2.05) is 73.0 Å². The van der Waals surface area contributed by atoms with E-state index in [4.69, 9.17) is 9.47 Å². The number of methoxy groups -OCH3 is 1. The van der Waals surface area contributed by atoms with Gasteiger partial charge < -0.3 is 14.0 Å². The Balaban J connectivity index is 1.60. The van der Waals surface area contributed by atoms with Crippen molar-refractivity contribution in [2.75, 3.05) is 13.7 Å². The molecule has 1 N–H and O–H groups in total. The van der Waals surface area contributed by atoms with Crippen LogP contribution in [0.3, 0.4) is 0 Å².